The van der Waals surface area contributed by atoms with Crippen LogP contribution in [0.2, 0.25) is 0 Å². The molecule has 7 nitrogen and oxygen atoms in total. The van der Waals surface area contributed by atoms with Crippen LogP contribution in [0, 0.1) is 11.7 Å². The number of hydrogen-bond donors (Lipinski definition) is 2. The zero-order valence-electron chi connectivity index (χ0n) is 16.6. The number of fused-ring (bicyclic) bond motifs is 2. The monoisotopic (exact) mass is 441 g/mol. The quantitative estimate of drug-likeness (QED) is 0.501. The third-order valence-corrected chi connectivity index (χ3v) is 6.21. The molecule has 5 rings (SSSR count). The number of carbonyl (C=O) groups excluding carboxylic acids is 2. The van der Waals surface area contributed by atoms with Crippen molar-refractivity contribution in [1.82, 2.24) is 20.1 Å². The summed E-state index contributed by atoms with van der Waals surface area (Å²) in [6.45, 7) is 0. The van der Waals surface area contributed by atoms with Gasteiger partial charge in [0.1, 0.15) is 12.0 Å². The molecular weight excluding hydrogens is 424 g/mol. The maximum atomic E-state index is 14.9. The van der Waals surface area contributed by atoms with E-state index < -0.39 is 23.8 Å². The summed E-state index contributed by atoms with van der Waals surface area (Å²) in [5, 5.41) is 10.4. The Kier molecular flexibility index (Phi) is 4.47. The third kappa shape index (κ3) is 3.32. The van der Waals surface area contributed by atoms with E-state index in [0.717, 1.165) is 4.70 Å². The van der Waals surface area contributed by atoms with Crippen molar-refractivity contribution >= 4 is 49.4 Å². The highest BCUT2D eigenvalue weighted by Gasteiger charge is 2.43. The van der Waals surface area contributed by atoms with Crippen LogP contribution in [0.3, 0.4) is 0 Å². The molecule has 1 aliphatic carbocycles. The highest BCUT2D eigenvalue weighted by atomic mass is 32.1. The molecule has 2 heterocycles. The zero-order chi connectivity index (χ0) is 21.9. The van der Waals surface area contributed by atoms with Gasteiger partial charge in [-0.05, 0) is 24.1 Å². The number of alkyl halides is 1. The average Bonchev–Trinajstić information content (AvgIpc) is 3.11. The smallest absolute Gasteiger partial charge is 0.256 e. The van der Waals surface area contributed by atoms with Gasteiger partial charge in [-0.15, -0.1) is 0 Å². The van der Waals surface area contributed by atoms with Crippen LogP contribution in [0.5, 0.6) is 0 Å². The Bertz CT molecular complexity index is 1360. The number of aromatic amines is 1. The van der Waals surface area contributed by atoms with Crippen molar-refractivity contribution in [1.29, 1.82) is 0 Å². The predicted molar refractivity (Wildman–Crippen MR) is 114 cm³/mol. The largest absolute Gasteiger partial charge is 0.345 e. The van der Waals surface area contributed by atoms with E-state index in [9.17, 15) is 18.4 Å². The lowest BCUT2D eigenvalue weighted by Gasteiger charge is -2.16. The summed E-state index contributed by atoms with van der Waals surface area (Å²) in [6.07, 6.45) is 0.713. The van der Waals surface area contributed by atoms with E-state index >= 15 is 0 Å². The molecule has 0 unspecified atom stereocenters. The van der Waals surface area contributed by atoms with Crippen LogP contribution in [0.15, 0.2) is 30.5 Å². The third-order valence-electron chi connectivity index (χ3n) is 5.27. The Morgan fingerprint density at radius 1 is 1.29 bits per heavy atom. The standard InChI is InChI=1S/C21H17F2N5O2S/c1-28(2)20(30)18-13(23)7-15-11(8-24-27-15)17(18)9-3-4-14-16(5-9)31-21(25-14)26-19(29)10-6-12(10)22/h3-5,7-8,10,12H,6H2,1-2H3,(H,24,27)(H,25,26,29)/t10-,12+/m1/s1. The molecule has 1 fully saturated rings. The van der Waals surface area contributed by atoms with Gasteiger partial charge in [0.05, 0.1) is 33.4 Å². The van der Waals surface area contributed by atoms with Gasteiger partial charge < -0.3 is 10.2 Å². The van der Waals surface area contributed by atoms with Crippen LogP contribution in [-0.2, 0) is 4.79 Å². The van der Waals surface area contributed by atoms with Crippen molar-refractivity contribution in [2.24, 2.45) is 5.92 Å². The molecule has 2 aromatic heterocycles. The van der Waals surface area contributed by atoms with Gasteiger partial charge in [-0.1, -0.05) is 17.4 Å². The molecule has 31 heavy (non-hydrogen) atoms. The van der Waals surface area contributed by atoms with Gasteiger partial charge in [0.15, 0.2) is 5.13 Å². The summed E-state index contributed by atoms with van der Waals surface area (Å²) >= 11 is 1.24. The Balaban J connectivity index is 1.62. The molecule has 0 bridgehead atoms. The molecule has 2 aromatic carbocycles. The summed E-state index contributed by atoms with van der Waals surface area (Å²) in [5.74, 6) is -2.09. The first kappa shape index (κ1) is 19.6. The van der Waals surface area contributed by atoms with Crippen molar-refractivity contribution in [2.45, 2.75) is 12.6 Å². The summed E-state index contributed by atoms with van der Waals surface area (Å²) in [4.78, 5) is 30.5. The number of carbonyl (C=O) groups is 2. The van der Waals surface area contributed by atoms with E-state index in [2.05, 4.69) is 20.5 Å². The van der Waals surface area contributed by atoms with Crippen molar-refractivity contribution in [3.63, 3.8) is 0 Å². The minimum absolute atomic E-state index is 0.0426. The second-order valence-electron chi connectivity index (χ2n) is 7.69. The summed E-state index contributed by atoms with van der Waals surface area (Å²) in [7, 11) is 3.13. The van der Waals surface area contributed by atoms with Crippen molar-refractivity contribution in [3.05, 3.63) is 41.8 Å². The van der Waals surface area contributed by atoms with E-state index in [0.29, 0.717) is 32.7 Å². The molecule has 1 saturated carbocycles. The highest BCUT2D eigenvalue weighted by Crippen LogP contribution is 2.38. The van der Waals surface area contributed by atoms with Crippen LogP contribution in [0.4, 0.5) is 13.9 Å². The van der Waals surface area contributed by atoms with E-state index in [-0.39, 0.29) is 17.9 Å². The number of nitrogens with zero attached hydrogens (tertiary/aromatic N) is 3. The topological polar surface area (TPSA) is 91.0 Å². The summed E-state index contributed by atoms with van der Waals surface area (Å²) < 4.78 is 28.8. The second-order valence-corrected chi connectivity index (χ2v) is 8.72. The number of hydrogen-bond acceptors (Lipinski definition) is 5. The maximum Gasteiger partial charge on any atom is 0.256 e. The Morgan fingerprint density at radius 2 is 2.06 bits per heavy atom. The molecule has 10 heteroatoms. The molecule has 0 radical (unpaired) electrons. The lowest BCUT2D eigenvalue weighted by molar-refractivity contribution is -0.117. The number of amides is 2. The molecule has 4 aromatic rings. The van der Waals surface area contributed by atoms with Gasteiger partial charge in [-0.25, -0.2) is 13.8 Å². The van der Waals surface area contributed by atoms with Gasteiger partial charge in [-0.3, -0.25) is 14.7 Å². The number of nitrogens with one attached hydrogen (secondary N) is 2. The second kappa shape index (κ2) is 7.09. The predicted octanol–water partition coefficient (Wildman–Crippen LogP) is 3.98. The fourth-order valence-corrected chi connectivity index (χ4v) is 4.47. The number of halogens is 2. The Labute approximate surface area is 179 Å². The van der Waals surface area contributed by atoms with E-state index in [1.54, 1.807) is 38.5 Å². The normalized spacial score (nSPS) is 17.8. The van der Waals surface area contributed by atoms with Crippen molar-refractivity contribution in [3.8, 4) is 11.1 Å². The van der Waals surface area contributed by atoms with Crippen LogP contribution in [0.25, 0.3) is 32.2 Å². The molecule has 1 aliphatic rings. The molecular formula is C21H17F2N5O2S. The first-order valence-corrected chi connectivity index (χ1v) is 10.4. The van der Waals surface area contributed by atoms with Crippen molar-refractivity contribution < 1.29 is 18.4 Å². The van der Waals surface area contributed by atoms with E-state index in [1.165, 1.54) is 22.3 Å². The first-order valence-electron chi connectivity index (χ1n) is 9.56. The first-order chi connectivity index (χ1) is 14.8. The van der Waals surface area contributed by atoms with Gasteiger partial charge in [-0.2, -0.15) is 5.10 Å². The number of rotatable bonds is 4. The fourth-order valence-electron chi connectivity index (χ4n) is 3.56. The molecule has 0 aliphatic heterocycles. The lowest BCUT2D eigenvalue weighted by Crippen LogP contribution is -2.23. The lowest BCUT2D eigenvalue weighted by atomic mass is 9.94. The van der Waals surface area contributed by atoms with E-state index in [4.69, 9.17) is 0 Å². The Morgan fingerprint density at radius 3 is 2.77 bits per heavy atom. The van der Waals surface area contributed by atoms with Gasteiger partial charge >= 0.3 is 0 Å². The molecule has 2 amide bonds. The Hall–Kier alpha value is -3.40. The number of benzene rings is 2. The van der Waals surface area contributed by atoms with E-state index in [1.807, 2.05) is 0 Å². The van der Waals surface area contributed by atoms with Crippen LogP contribution in [0.1, 0.15) is 16.8 Å². The molecule has 2 N–H and O–H groups in total. The zero-order valence-corrected chi connectivity index (χ0v) is 17.4. The SMILES string of the molecule is CN(C)C(=O)c1c(F)cc2[nH]ncc2c1-c1ccc2nc(NC(=O)[C@@H]3C[C@@H]3F)sc2c1. The van der Waals surface area contributed by atoms with Crippen LogP contribution >= 0.6 is 11.3 Å². The minimum Gasteiger partial charge on any atom is -0.345 e. The number of aromatic nitrogens is 3. The average molecular weight is 441 g/mol. The molecule has 158 valence electrons. The molecule has 2 atom stereocenters. The maximum absolute atomic E-state index is 14.9. The van der Waals surface area contributed by atoms with Gasteiger partial charge in [0.2, 0.25) is 5.91 Å². The fraction of sp³-hybridized carbons (Fsp3) is 0.238. The summed E-state index contributed by atoms with van der Waals surface area (Å²) in [6, 6.07) is 6.55. The van der Waals surface area contributed by atoms with Gasteiger partial charge in [0.25, 0.3) is 5.91 Å². The number of thiazole rings is 1. The van der Waals surface area contributed by atoms with Crippen LogP contribution < -0.4 is 5.32 Å². The minimum atomic E-state index is -1.08. The van der Waals surface area contributed by atoms with Gasteiger partial charge in [0, 0.05) is 31.1 Å². The number of anilines is 1. The van der Waals surface area contributed by atoms with Crippen LogP contribution in [-0.4, -0.2) is 52.2 Å². The number of H-pyrrole nitrogens is 1. The molecule has 0 saturated heterocycles. The molecule has 0 spiro atoms. The summed E-state index contributed by atoms with van der Waals surface area (Å²) in [5.41, 5.74) is 2.12. The van der Waals surface area contributed by atoms with Crippen molar-refractivity contribution in [2.75, 3.05) is 19.4 Å². The highest BCUT2D eigenvalue weighted by molar-refractivity contribution is 7.22.